The molecule has 132 valence electrons. The van der Waals surface area contributed by atoms with Gasteiger partial charge in [0, 0.05) is 30.3 Å². The summed E-state index contributed by atoms with van der Waals surface area (Å²) in [6.07, 6.45) is 1.01. The van der Waals surface area contributed by atoms with Crippen LogP contribution in [-0.2, 0) is 6.54 Å². The molecule has 0 amide bonds. The summed E-state index contributed by atoms with van der Waals surface area (Å²) in [7, 11) is 0. The van der Waals surface area contributed by atoms with Crippen LogP contribution >= 0.6 is 35.4 Å². The molecule has 0 unspecified atom stereocenters. The topological polar surface area (TPSA) is 18.5 Å². The zero-order chi connectivity index (χ0) is 17.8. The van der Waals surface area contributed by atoms with E-state index in [0.29, 0.717) is 17.5 Å². The van der Waals surface area contributed by atoms with Gasteiger partial charge < -0.3 is 10.2 Å². The van der Waals surface area contributed by atoms with Gasteiger partial charge in [-0.15, -0.1) is 0 Å². The highest BCUT2D eigenvalue weighted by molar-refractivity contribution is 7.80. The molecule has 0 aliphatic carbocycles. The summed E-state index contributed by atoms with van der Waals surface area (Å²) in [6, 6.07) is 12.4. The summed E-state index contributed by atoms with van der Waals surface area (Å²) in [4.78, 5) is 4.39. The fraction of sp³-hybridized carbons (Fsp3) is 0.278. The van der Waals surface area contributed by atoms with E-state index in [9.17, 15) is 4.39 Å². The third kappa shape index (κ3) is 4.82. The third-order valence-electron chi connectivity index (χ3n) is 4.08. The highest BCUT2D eigenvalue weighted by Crippen LogP contribution is 2.21. The van der Waals surface area contributed by atoms with Crippen LogP contribution in [0.25, 0.3) is 0 Å². The van der Waals surface area contributed by atoms with Gasteiger partial charge in [0.15, 0.2) is 5.11 Å². The van der Waals surface area contributed by atoms with Crippen molar-refractivity contribution in [2.75, 3.05) is 25.1 Å². The summed E-state index contributed by atoms with van der Waals surface area (Å²) in [6.45, 7) is 3.36. The first-order valence-electron chi connectivity index (χ1n) is 7.99. The van der Waals surface area contributed by atoms with Gasteiger partial charge in [-0.3, -0.25) is 4.90 Å². The Bertz CT molecular complexity index is 772. The number of hydrogen-bond acceptors (Lipinski definition) is 2. The molecule has 0 saturated carbocycles. The molecule has 0 atom stereocenters. The van der Waals surface area contributed by atoms with Gasteiger partial charge in [-0.1, -0.05) is 41.4 Å². The molecule has 0 aromatic heterocycles. The molecule has 1 heterocycles. The minimum atomic E-state index is -0.443. The van der Waals surface area contributed by atoms with E-state index in [2.05, 4.69) is 15.1 Å². The molecule has 25 heavy (non-hydrogen) atoms. The molecule has 3 nitrogen and oxygen atoms in total. The van der Waals surface area contributed by atoms with E-state index in [0.717, 1.165) is 36.6 Å². The molecule has 1 saturated heterocycles. The van der Waals surface area contributed by atoms with Gasteiger partial charge in [-0.2, -0.15) is 0 Å². The Morgan fingerprint density at radius 2 is 1.92 bits per heavy atom. The molecular weight excluding hydrogens is 380 g/mol. The number of benzene rings is 2. The minimum absolute atomic E-state index is 0.0757. The summed E-state index contributed by atoms with van der Waals surface area (Å²) < 4.78 is 13.3. The largest absolute Gasteiger partial charge is 0.336 e. The lowest BCUT2D eigenvalue weighted by Gasteiger charge is -2.37. The van der Waals surface area contributed by atoms with Crippen LogP contribution in [0.4, 0.5) is 10.1 Å². The Morgan fingerprint density at radius 1 is 1.12 bits per heavy atom. The van der Waals surface area contributed by atoms with Gasteiger partial charge in [-0.05, 0) is 48.5 Å². The standard InChI is InChI=1S/C18H18Cl2FN3S/c19-15-5-2-1-4-13(15)11-23-8-3-9-24(12-23)18(25)22-14-6-7-17(21)16(20)10-14/h1-2,4-7,10H,3,8-9,11-12H2,(H,22,25). The van der Waals surface area contributed by atoms with Gasteiger partial charge >= 0.3 is 0 Å². The van der Waals surface area contributed by atoms with Crippen LogP contribution < -0.4 is 5.32 Å². The fourth-order valence-corrected chi connectivity index (χ4v) is 3.45. The monoisotopic (exact) mass is 397 g/mol. The number of halogens is 3. The average Bonchev–Trinajstić information content (AvgIpc) is 2.60. The normalized spacial score (nSPS) is 15.2. The fourth-order valence-electron chi connectivity index (χ4n) is 2.81. The van der Waals surface area contributed by atoms with E-state index >= 15 is 0 Å². The highest BCUT2D eigenvalue weighted by atomic mass is 35.5. The molecule has 1 aliphatic rings. The molecule has 1 aliphatic heterocycles. The van der Waals surface area contributed by atoms with E-state index in [1.54, 1.807) is 6.07 Å². The summed E-state index contributed by atoms with van der Waals surface area (Å²) in [5, 5.41) is 4.59. The molecule has 2 aromatic rings. The molecule has 0 radical (unpaired) electrons. The molecule has 0 spiro atoms. The number of anilines is 1. The minimum Gasteiger partial charge on any atom is -0.336 e. The average molecular weight is 398 g/mol. The molecular formula is C18H18Cl2FN3S. The predicted molar refractivity (Wildman–Crippen MR) is 106 cm³/mol. The van der Waals surface area contributed by atoms with Crippen molar-refractivity contribution in [3.05, 3.63) is 63.9 Å². The lowest BCUT2D eigenvalue weighted by molar-refractivity contribution is 0.134. The highest BCUT2D eigenvalue weighted by Gasteiger charge is 2.20. The van der Waals surface area contributed by atoms with Gasteiger partial charge in [-0.25, -0.2) is 4.39 Å². The lowest BCUT2D eigenvalue weighted by Crippen LogP contribution is -2.48. The van der Waals surface area contributed by atoms with Gasteiger partial charge in [0.2, 0.25) is 0 Å². The van der Waals surface area contributed by atoms with Gasteiger partial charge in [0.05, 0.1) is 11.7 Å². The quantitative estimate of drug-likeness (QED) is 0.734. The van der Waals surface area contributed by atoms with Crippen LogP contribution in [0.5, 0.6) is 0 Å². The van der Waals surface area contributed by atoms with Crippen LogP contribution in [0.15, 0.2) is 42.5 Å². The van der Waals surface area contributed by atoms with Crippen molar-refractivity contribution in [3.8, 4) is 0 Å². The second kappa shape index (κ2) is 8.32. The van der Waals surface area contributed by atoms with E-state index < -0.39 is 5.82 Å². The van der Waals surface area contributed by atoms with Crippen molar-refractivity contribution in [2.24, 2.45) is 0 Å². The number of hydrogen-bond donors (Lipinski definition) is 1. The Balaban J connectivity index is 1.61. The van der Waals surface area contributed by atoms with Crippen LogP contribution in [0, 0.1) is 5.82 Å². The SMILES string of the molecule is Fc1ccc(NC(=S)N2CCCN(Cc3ccccc3Cl)C2)cc1Cl. The van der Waals surface area contributed by atoms with Gasteiger partial charge in [0.25, 0.3) is 0 Å². The van der Waals surface area contributed by atoms with Crippen LogP contribution in [0.2, 0.25) is 10.0 Å². The Kier molecular flexibility index (Phi) is 6.12. The second-order valence-corrected chi connectivity index (χ2v) is 7.16. The van der Waals surface area contributed by atoms with E-state index in [1.807, 2.05) is 24.3 Å². The molecule has 7 heteroatoms. The maximum absolute atomic E-state index is 13.3. The first kappa shape index (κ1) is 18.4. The third-order valence-corrected chi connectivity index (χ3v) is 5.10. The van der Waals surface area contributed by atoms with Crippen molar-refractivity contribution < 1.29 is 4.39 Å². The maximum Gasteiger partial charge on any atom is 0.174 e. The molecule has 1 fully saturated rings. The van der Waals surface area contributed by atoms with Crippen molar-refractivity contribution in [2.45, 2.75) is 13.0 Å². The Hall–Kier alpha value is -1.40. The summed E-state index contributed by atoms with van der Waals surface area (Å²) >= 11 is 17.6. The summed E-state index contributed by atoms with van der Waals surface area (Å²) in [5.74, 6) is -0.443. The van der Waals surface area contributed by atoms with Crippen LogP contribution in [0.1, 0.15) is 12.0 Å². The van der Waals surface area contributed by atoms with Crippen molar-refractivity contribution >= 4 is 46.2 Å². The molecule has 1 N–H and O–H groups in total. The van der Waals surface area contributed by atoms with Crippen molar-refractivity contribution in [3.63, 3.8) is 0 Å². The van der Waals surface area contributed by atoms with Crippen LogP contribution in [-0.4, -0.2) is 34.7 Å². The van der Waals surface area contributed by atoms with Gasteiger partial charge in [0.1, 0.15) is 5.82 Å². The maximum atomic E-state index is 13.3. The Morgan fingerprint density at radius 3 is 2.68 bits per heavy atom. The zero-order valence-corrected chi connectivity index (χ0v) is 15.8. The molecule has 2 aromatic carbocycles. The van der Waals surface area contributed by atoms with Crippen molar-refractivity contribution in [1.29, 1.82) is 0 Å². The van der Waals surface area contributed by atoms with Crippen molar-refractivity contribution in [1.82, 2.24) is 9.80 Å². The van der Waals surface area contributed by atoms with E-state index in [-0.39, 0.29) is 5.02 Å². The number of nitrogens with one attached hydrogen (secondary N) is 1. The number of thiocarbonyl (C=S) groups is 1. The Labute approximate surface area is 162 Å². The zero-order valence-electron chi connectivity index (χ0n) is 13.5. The second-order valence-electron chi connectivity index (χ2n) is 5.96. The number of nitrogens with zero attached hydrogens (tertiary/aromatic N) is 2. The van der Waals surface area contributed by atoms with E-state index in [1.165, 1.54) is 12.1 Å². The first-order valence-corrected chi connectivity index (χ1v) is 9.16. The van der Waals surface area contributed by atoms with Crippen LogP contribution in [0.3, 0.4) is 0 Å². The molecule has 0 bridgehead atoms. The lowest BCUT2D eigenvalue weighted by atomic mass is 10.2. The summed E-state index contributed by atoms with van der Waals surface area (Å²) in [5.41, 5.74) is 1.79. The predicted octanol–water partition coefficient (Wildman–Crippen LogP) is 4.99. The first-order chi connectivity index (χ1) is 12.0. The number of rotatable bonds is 3. The van der Waals surface area contributed by atoms with E-state index in [4.69, 9.17) is 35.4 Å². The molecule has 3 rings (SSSR count). The smallest absolute Gasteiger partial charge is 0.174 e.